The smallest absolute Gasteiger partial charge is 0.191 e. The van der Waals surface area contributed by atoms with Gasteiger partial charge in [-0.1, -0.05) is 30.3 Å². The van der Waals surface area contributed by atoms with Gasteiger partial charge in [0.05, 0.1) is 22.3 Å². The minimum absolute atomic E-state index is 0.193. The highest BCUT2D eigenvalue weighted by atomic mass is 19.1. The van der Waals surface area contributed by atoms with E-state index < -0.39 is 0 Å². The summed E-state index contributed by atoms with van der Waals surface area (Å²) in [6, 6.07) is 14.2. The fourth-order valence-corrected chi connectivity index (χ4v) is 3.18. The molecule has 0 spiro atoms. The van der Waals surface area contributed by atoms with E-state index in [1.165, 1.54) is 18.2 Å². The largest absolute Gasteiger partial charge is 0.327 e. The van der Waals surface area contributed by atoms with Gasteiger partial charge in [-0.05, 0) is 37.3 Å². The van der Waals surface area contributed by atoms with Crippen LogP contribution >= 0.6 is 0 Å². The second-order valence-corrected chi connectivity index (χ2v) is 5.96. The molecule has 0 bridgehead atoms. The van der Waals surface area contributed by atoms with Gasteiger partial charge in [0.25, 0.3) is 0 Å². The number of rotatable bonds is 3. The normalized spacial score (nSPS) is 11.8. The minimum Gasteiger partial charge on any atom is -0.327 e. The van der Waals surface area contributed by atoms with Crippen molar-refractivity contribution < 1.29 is 9.18 Å². The van der Waals surface area contributed by atoms with E-state index in [1.807, 2.05) is 42.8 Å². The second-order valence-electron chi connectivity index (χ2n) is 5.96. The summed E-state index contributed by atoms with van der Waals surface area (Å²) >= 11 is 0. The number of fused-ring (bicyclic) bond motifs is 3. The lowest BCUT2D eigenvalue weighted by molar-refractivity contribution is 0.104. The molecule has 0 aliphatic carbocycles. The van der Waals surface area contributed by atoms with Gasteiger partial charge < -0.3 is 4.57 Å². The Labute approximate surface area is 143 Å². The van der Waals surface area contributed by atoms with Crippen LogP contribution in [-0.2, 0) is 7.05 Å². The first kappa shape index (κ1) is 15.3. The van der Waals surface area contributed by atoms with Crippen LogP contribution in [0.15, 0.2) is 54.6 Å². The maximum atomic E-state index is 13.7. The molecule has 0 saturated carbocycles. The van der Waals surface area contributed by atoms with Gasteiger partial charge in [0.15, 0.2) is 5.78 Å². The number of aromatic nitrogens is 3. The summed E-state index contributed by atoms with van der Waals surface area (Å²) < 4.78 is 17.5. The molecule has 2 aromatic carbocycles. The van der Waals surface area contributed by atoms with Crippen molar-refractivity contribution in [3.63, 3.8) is 0 Å². The summed E-state index contributed by atoms with van der Waals surface area (Å²) in [4.78, 5) is 12.8. The Bertz CT molecular complexity index is 1150. The van der Waals surface area contributed by atoms with Gasteiger partial charge in [-0.25, -0.2) is 8.91 Å². The third kappa shape index (κ3) is 2.36. The Morgan fingerprint density at radius 1 is 1.08 bits per heavy atom. The van der Waals surface area contributed by atoms with E-state index in [0.29, 0.717) is 16.8 Å². The number of benzene rings is 2. The summed E-state index contributed by atoms with van der Waals surface area (Å²) in [5.41, 5.74) is 4.25. The Morgan fingerprint density at radius 2 is 1.76 bits per heavy atom. The van der Waals surface area contributed by atoms with Crippen molar-refractivity contribution in [2.24, 2.45) is 7.05 Å². The van der Waals surface area contributed by atoms with E-state index in [2.05, 4.69) is 5.10 Å². The number of imidazole rings is 1. The summed E-state index contributed by atoms with van der Waals surface area (Å²) in [5, 5.41) is 4.52. The van der Waals surface area contributed by atoms with E-state index in [9.17, 15) is 9.18 Å². The van der Waals surface area contributed by atoms with Gasteiger partial charge in [-0.2, -0.15) is 5.10 Å². The number of para-hydroxylation sites is 2. The molecule has 124 valence electrons. The zero-order valence-electron chi connectivity index (χ0n) is 13.9. The predicted molar refractivity (Wildman–Crippen MR) is 96.2 cm³/mol. The van der Waals surface area contributed by atoms with Gasteiger partial charge in [0.2, 0.25) is 0 Å². The topological polar surface area (TPSA) is 39.3 Å². The molecule has 0 N–H and O–H groups in total. The van der Waals surface area contributed by atoms with Crippen LogP contribution in [0.2, 0.25) is 0 Å². The molecule has 2 heterocycles. The van der Waals surface area contributed by atoms with Crippen molar-refractivity contribution in [2.45, 2.75) is 6.92 Å². The van der Waals surface area contributed by atoms with Crippen LogP contribution < -0.4 is 0 Å². The Balaban J connectivity index is 1.85. The summed E-state index contributed by atoms with van der Waals surface area (Å²) in [5.74, 6) is -0.547. The standard InChI is InChI=1S/C20H16FN3O/c1-13-19(18(25)12-11-14-7-3-4-8-15(14)21)20-23(2)16-9-5-6-10-17(16)24(20)22-13/h3-12H,1-2H3. The van der Waals surface area contributed by atoms with E-state index in [-0.39, 0.29) is 11.6 Å². The molecule has 0 unspecified atom stereocenters. The predicted octanol–water partition coefficient (Wildman–Crippen LogP) is 4.17. The lowest BCUT2D eigenvalue weighted by Gasteiger charge is -1.99. The Hall–Kier alpha value is -3.21. The van der Waals surface area contributed by atoms with Gasteiger partial charge >= 0.3 is 0 Å². The van der Waals surface area contributed by atoms with Crippen LogP contribution in [0.25, 0.3) is 22.8 Å². The molecule has 2 aromatic heterocycles. The second kappa shape index (κ2) is 5.70. The quantitative estimate of drug-likeness (QED) is 0.417. The Kier molecular flexibility index (Phi) is 3.50. The highest BCUT2D eigenvalue weighted by Crippen LogP contribution is 2.25. The van der Waals surface area contributed by atoms with Gasteiger partial charge in [0, 0.05) is 12.6 Å². The van der Waals surface area contributed by atoms with Crippen molar-refractivity contribution in [2.75, 3.05) is 0 Å². The number of carbonyl (C=O) groups is 1. The highest BCUT2D eigenvalue weighted by Gasteiger charge is 2.20. The zero-order valence-corrected chi connectivity index (χ0v) is 13.9. The van der Waals surface area contributed by atoms with E-state index in [1.54, 1.807) is 22.7 Å². The van der Waals surface area contributed by atoms with Crippen molar-refractivity contribution in [3.8, 4) is 0 Å². The number of ketones is 1. The molecular weight excluding hydrogens is 317 g/mol. The van der Waals surface area contributed by atoms with Gasteiger partial charge in [0.1, 0.15) is 11.5 Å². The average molecular weight is 333 g/mol. The van der Waals surface area contributed by atoms with Gasteiger partial charge in [-0.3, -0.25) is 4.79 Å². The first-order chi connectivity index (χ1) is 12.1. The SMILES string of the molecule is Cc1nn2c3ccccc3n(C)c2c1C(=O)C=Cc1ccccc1F. The molecule has 0 aliphatic rings. The molecule has 4 nitrogen and oxygen atoms in total. The number of halogens is 1. The third-order valence-corrected chi connectivity index (χ3v) is 4.39. The Morgan fingerprint density at radius 3 is 2.52 bits per heavy atom. The average Bonchev–Trinajstić information content (AvgIpc) is 3.09. The molecule has 0 fully saturated rings. The molecule has 0 atom stereocenters. The van der Waals surface area contributed by atoms with Crippen LogP contribution in [0.3, 0.4) is 0 Å². The number of hydrogen-bond donors (Lipinski definition) is 0. The lowest BCUT2D eigenvalue weighted by Crippen LogP contribution is -2.00. The van der Waals surface area contributed by atoms with Crippen molar-refractivity contribution in [3.05, 3.63) is 77.2 Å². The van der Waals surface area contributed by atoms with Crippen molar-refractivity contribution >= 4 is 28.5 Å². The number of nitrogens with zero attached hydrogens (tertiary/aromatic N) is 3. The number of carbonyl (C=O) groups excluding carboxylic acids is 1. The molecule has 0 saturated heterocycles. The number of hydrogen-bond acceptors (Lipinski definition) is 2. The van der Waals surface area contributed by atoms with E-state index in [4.69, 9.17) is 0 Å². The molecule has 4 aromatic rings. The number of allylic oxidation sites excluding steroid dienone is 1. The maximum absolute atomic E-state index is 13.7. The summed E-state index contributed by atoms with van der Waals surface area (Å²) in [7, 11) is 1.91. The third-order valence-electron chi connectivity index (χ3n) is 4.39. The molecular formula is C20H16FN3O. The number of aryl methyl sites for hydroxylation is 2. The maximum Gasteiger partial charge on any atom is 0.191 e. The first-order valence-corrected chi connectivity index (χ1v) is 7.97. The summed E-state index contributed by atoms with van der Waals surface area (Å²) in [6.07, 6.45) is 2.91. The molecule has 0 amide bonds. The lowest BCUT2D eigenvalue weighted by atomic mass is 10.1. The first-order valence-electron chi connectivity index (χ1n) is 7.97. The molecule has 0 radical (unpaired) electrons. The molecule has 0 aliphatic heterocycles. The highest BCUT2D eigenvalue weighted by molar-refractivity contribution is 6.12. The minimum atomic E-state index is -0.354. The molecule has 4 rings (SSSR count). The summed E-state index contributed by atoms with van der Waals surface area (Å²) in [6.45, 7) is 1.81. The van der Waals surface area contributed by atoms with Crippen LogP contribution in [0.5, 0.6) is 0 Å². The zero-order chi connectivity index (χ0) is 17.6. The van der Waals surface area contributed by atoms with Crippen molar-refractivity contribution in [1.29, 1.82) is 0 Å². The fraction of sp³-hybridized carbons (Fsp3) is 0.100. The van der Waals surface area contributed by atoms with Crippen LogP contribution in [0.1, 0.15) is 21.6 Å². The van der Waals surface area contributed by atoms with Crippen molar-refractivity contribution in [1.82, 2.24) is 14.2 Å². The molecule has 25 heavy (non-hydrogen) atoms. The van der Waals surface area contributed by atoms with E-state index in [0.717, 1.165) is 16.7 Å². The van der Waals surface area contributed by atoms with Crippen LogP contribution in [0, 0.1) is 12.7 Å². The van der Waals surface area contributed by atoms with Gasteiger partial charge in [-0.15, -0.1) is 0 Å². The van der Waals surface area contributed by atoms with Crippen LogP contribution in [0.4, 0.5) is 4.39 Å². The monoisotopic (exact) mass is 333 g/mol. The fourth-order valence-electron chi connectivity index (χ4n) is 3.18. The molecule has 5 heteroatoms. The van der Waals surface area contributed by atoms with E-state index >= 15 is 0 Å². The van der Waals surface area contributed by atoms with Crippen LogP contribution in [-0.4, -0.2) is 20.0 Å².